The van der Waals surface area contributed by atoms with E-state index in [1.54, 1.807) is 31.5 Å². The Hall–Kier alpha value is -2.15. The van der Waals surface area contributed by atoms with Crippen LogP contribution in [0, 0.1) is 11.3 Å². The van der Waals surface area contributed by atoms with Crippen LogP contribution in [0.15, 0.2) is 37.9 Å². The zero-order valence-corrected chi connectivity index (χ0v) is 17.2. The number of nitrogen functional groups attached to an aromatic ring is 1. The summed E-state index contributed by atoms with van der Waals surface area (Å²) in [5, 5.41) is 9.28. The van der Waals surface area contributed by atoms with Crippen molar-refractivity contribution >= 4 is 66.2 Å². The first-order valence-corrected chi connectivity index (χ1v) is 9.05. The van der Waals surface area contributed by atoms with Crippen molar-refractivity contribution < 1.29 is 13.9 Å². The van der Waals surface area contributed by atoms with E-state index in [0.29, 0.717) is 16.7 Å². The van der Waals surface area contributed by atoms with Gasteiger partial charge in [-0.05, 0) is 50.9 Å². The van der Waals surface area contributed by atoms with E-state index in [1.165, 1.54) is 0 Å². The zero-order chi connectivity index (χ0) is 19.3. The molecule has 0 amide bonds. The third-order valence-corrected chi connectivity index (χ3v) is 4.11. The van der Waals surface area contributed by atoms with Crippen LogP contribution in [0.4, 0.5) is 5.69 Å². The van der Waals surface area contributed by atoms with Crippen LogP contribution in [0.2, 0.25) is 5.15 Å². The van der Waals surface area contributed by atoms with Crippen LogP contribution in [0.25, 0.3) is 11.1 Å². The van der Waals surface area contributed by atoms with Gasteiger partial charge >= 0.3 is 5.97 Å². The monoisotopic (exact) mass is 500 g/mol. The van der Waals surface area contributed by atoms with Gasteiger partial charge in [0.15, 0.2) is 0 Å². The van der Waals surface area contributed by atoms with Crippen molar-refractivity contribution in [2.45, 2.75) is 6.92 Å². The lowest BCUT2D eigenvalue weighted by atomic mass is 10.3. The summed E-state index contributed by atoms with van der Waals surface area (Å²) >= 11 is 12.0. The topological polar surface area (TPSA) is 115 Å². The molecule has 0 aliphatic heterocycles. The Bertz CT molecular complexity index is 1000. The van der Waals surface area contributed by atoms with Gasteiger partial charge in [0.05, 0.1) is 23.2 Å². The van der Waals surface area contributed by atoms with Crippen LogP contribution < -0.4 is 5.73 Å². The molecule has 0 unspecified atom stereocenters. The maximum Gasteiger partial charge on any atom is 0.376 e. The fourth-order valence-corrected chi connectivity index (χ4v) is 2.63. The average Bonchev–Trinajstić information content (AvgIpc) is 2.94. The largest absolute Gasteiger partial charge is 0.460 e. The number of nitrogens with two attached hydrogens (primary N) is 1. The van der Waals surface area contributed by atoms with Crippen LogP contribution in [0.5, 0.6) is 0 Å². The SMILES string of the molecule is CCOC(=O)c1oc2ncc(Br)cc2c1N.N#Cc1cc(Br)cnc1Cl. The molecule has 0 saturated heterocycles. The minimum atomic E-state index is -0.575. The van der Waals surface area contributed by atoms with Gasteiger partial charge in [0.1, 0.15) is 11.2 Å². The smallest absolute Gasteiger partial charge is 0.376 e. The van der Waals surface area contributed by atoms with Crippen LogP contribution in [0.1, 0.15) is 23.0 Å². The Labute approximate surface area is 170 Å². The molecule has 0 spiro atoms. The van der Waals surface area contributed by atoms with Crippen molar-refractivity contribution in [3.8, 4) is 6.07 Å². The quantitative estimate of drug-likeness (QED) is 0.398. The Morgan fingerprint density at radius 3 is 2.62 bits per heavy atom. The molecule has 0 aromatic carbocycles. The van der Waals surface area contributed by atoms with Crippen molar-refractivity contribution in [1.82, 2.24) is 9.97 Å². The fraction of sp³-hybridized carbons (Fsp3) is 0.125. The number of aromatic nitrogens is 2. The molecular formula is C16H11Br2ClN4O3. The predicted octanol–water partition coefficient (Wildman–Crippen LogP) is 4.72. The Kier molecular flexibility index (Phi) is 6.97. The normalized spacial score (nSPS) is 9.96. The summed E-state index contributed by atoms with van der Waals surface area (Å²) < 4.78 is 11.6. The minimum Gasteiger partial charge on any atom is -0.460 e. The molecule has 0 aliphatic carbocycles. The number of rotatable bonds is 2. The number of nitriles is 1. The van der Waals surface area contributed by atoms with E-state index in [0.717, 1.165) is 8.95 Å². The first-order chi connectivity index (χ1) is 12.4. The van der Waals surface area contributed by atoms with Gasteiger partial charge in [-0.15, -0.1) is 0 Å². The molecule has 0 aliphatic rings. The molecule has 10 heteroatoms. The zero-order valence-electron chi connectivity index (χ0n) is 13.3. The summed E-state index contributed by atoms with van der Waals surface area (Å²) in [5.41, 5.74) is 6.74. The van der Waals surface area contributed by atoms with Gasteiger partial charge in [0.2, 0.25) is 11.5 Å². The van der Waals surface area contributed by atoms with E-state index in [4.69, 9.17) is 31.8 Å². The Balaban J connectivity index is 0.000000209. The number of carbonyl (C=O) groups is 1. The van der Waals surface area contributed by atoms with Gasteiger partial charge in [-0.1, -0.05) is 11.6 Å². The summed E-state index contributed by atoms with van der Waals surface area (Å²) in [7, 11) is 0. The number of carbonyl (C=O) groups excluding carboxylic acids is 1. The summed E-state index contributed by atoms with van der Waals surface area (Å²) in [6, 6.07) is 5.27. The van der Waals surface area contributed by atoms with E-state index in [-0.39, 0.29) is 23.2 Å². The van der Waals surface area contributed by atoms with E-state index in [9.17, 15) is 4.79 Å². The van der Waals surface area contributed by atoms with Gasteiger partial charge in [0, 0.05) is 21.3 Å². The lowest BCUT2D eigenvalue weighted by molar-refractivity contribution is 0.0494. The van der Waals surface area contributed by atoms with Gasteiger partial charge < -0.3 is 14.9 Å². The standard InChI is InChI=1S/C10H9BrN2O3.C6H2BrClN2/c1-2-15-10(14)8-7(12)6-3-5(11)4-13-9(6)16-8;7-5-1-4(2-9)6(8)10-3-5/h3-4H,2,12H2,1H3;1,3H. The lowest BCUT2D eigenvalue weighted by Gasteiger charge is -1.97. The number of nitrogens with zero attached hydrogens (tertiary/aromatic N) is 3. The van der Waals surface area contributed by atoms with Crippen molar-refractivity contribution in [1.29, 1.82) is 5.26 Å². The van der Waals surface area contributed by atoms with Crippen LogP contribution in [-0.2, 0) is 4.74 Å². The van der Waals surface area contributed by atoms with Crippen LogP contribution in [-0.4, -0.2) is 22.5 Å². The molecule has 3 rings (SSSR count). The van der Waals surface area contributed by atoms with Crippen molar-refractivity contribution in [2.75, 3.05) is 12.3 Å². The average molecular weight is 503 g/mol. The Morgan fingerprint density at radius 1 is 1.35 bits per heavy atom. The second-order valence-electron chi connectivity index (χ2n) is 4.68. The fourth-order valence-electron chi connectivity index (χ4n) is 1.82. The first-order valence-electron chi connectivity index (χ1n) is 7.09. The molecule has 0 bridgehead atoms. The molecule has 3 heterocycles. The Morgan fingerprint density at radius 2 is 2.00 bits per heavy atom. The number of ether oxygens (including phenoxy) is 1. The third-order valence-electron chi connectivity index (χ3n) is 2.94. The van der Waals surface area contributed by atoms with Crippen molar-refractivity contribution in [3.05, 3.63) is 49.9 Å². The molecule has 0 fully saturated rings. The van der Waals surface area contributed by atoms with Crippen LogP contribution in [0.3, 0.4) is 0 Å². The highest BCUT2D eigenvalue weighted by Crippen LogP contribution is 2.29. The highest BCUT2D eigenvalue weighted by molar-refractivity contribution is 9.10. The number of halogens is 3. The van der Waals surface area contributed by atoms with E-state index < -0.39 is 5.97 Å². The molecule has 7 nitrogen and oxygen atoms in total. The molecule has 0 radical (unpaired) electrons. The molecule has 134 valence electrons. The van der Waals surface area contributed by atoms with E-state index >= 15 is 0 Å². The second kappa shape index (κ2) is 8.98. The van der Waals surface area contributed by atoms with Crippen molar-refractivity contribution in [3.63, 3.8) is 0 Å². The van der Waals surface area contributed by atoms with Gasteiger partial charge in [-0.2, -0.15) is 5.26 Å². The predicted molar refractivity (Wildman–Crippen MR) is 104 cm³/mol. The molecular weight excluding hydrogens is 491 g/mol. The minimum absolute atomic E-state index is 0.00227. The summed E-state index contributed by atoms with van der Waals surface area (Å²) in [5.74, 6) is -0.573. The van der Waals surface area contributed by atoms with Gasteiger partial charge in [-0.25, -0.2) is 14.8 Å². The number of anilines is 1. The molecule has 26 heavy (non-hydrogen) atoms. The van der Waals surface area contributed by atoms with Crippen LogP contribution >= 0.6 is 43.5 Å². The van der Waals surface area contributed by atoms with E-state index in [1.807, 2.05) is 6.07 Å². The number of esters is 1. The third kappa shape index (κ3) is 4.72. The number of furan rings is 1. The number of fused-ring (bicyclic) bond motifs is 1. The first kappa shape index (κ1) is 20.2. The summed E-state index contributed by atoms with van der Waals surface area (Å²) in [4.78, 5) is 19.2. The molecule has 3 aromatic rings. The lowest BCUT2D eigenvalue weighted by Crippen LogP contribution is -2.05. The van der Waals surface area contributed by atoms with Gasteiger partial charge in [0.25, 0.3) is 0 Å². The molecule has 0 saturated carbocycles. The second-order valence-corrected chi connectivity index (χ2v) is 6.86. The summed E-state index contributed by atoms with van der Waals surface area (Å²) in [6.45, 7) is 1.98. The molecule has 3 aromatic heterocycles. The van der Waals surface area contributed by atoms with E-state index in [2.05, 4.69) is 41.8 Å². The highest BCUT2D eigenvalue weighted by atomic mass is 79.9. The molecule has 2 N–H and O–H groups in total. The number of hydrogen-bond donors (Lipinski definition) is 1. The van der Waals surface area contributed by atoms with Crippen molar-refractivity contribution in [2.24, 2.45) is 0 Å². The number of hydrogen-bond acceptors (Lipinski definition) is 7. The summed E-state index contributed by atoms with van der Waals surface area (Å²) in [6.07, 6.45) is 3.11. The van der Waals surface area contributed by atoms with Gasteiger partial charge in [-0.3, -0.25) is 0 Å². The maximum absolute atomic E-state index is 11.5. The highest BCUT2D eigenvalue weighted by Gasteiger charge is 2.20. The number of pyridine rings is 2. The maximum atomic E-state index is 11.5. The molecule has 0 atom stereocenters.